The molecule has 2 nitrogen and oxygen atoms in total. The van der Waals surface area contributed by atoms with Gasteiger partial charge in [-0.15, -0.1) is 11.8 Å². The van der Waals surface area contributed by atoms with Crippen molar-refractivity contribution < 1.29 is 4.39 Å². The van der Waals surface area contributed by atoms with E-state index >= 15 is 0 Å². The van der Waals surface area contributed by atoms with Crippen LogP contribution in [0.2, 0.25) is 0 Å². The molecule has 5 heteroatoms. The number of halogens is 1. The molecule has 0 unspecified atom stereocenters. The predicted molar refractivity (Wildman–Crippen MR) is 84.2 cm³/mol. The molecule has 2 aromatic rings. The summed E-state index contributed by atoms with van der Waals surface area (Å²) >= 11 is 6.76. The molecule has 1 heterocycles. The third kappa shape index (κ3) is 3.46. The third-order valence-electron chi connectivity index (χ3n) is 2.98. The average molecular weight is 308 g/mol. The molecule has 0 atom stereocenters. The molecule has 1 aromatic heterocycles. The van der Waals surface area contributed by atoms with Gasteiger partial charge in [-0.3, -0.25) is 0 Å². The summed E-state index contributed by atoms with van der Waals surface area (Å²) in [4.78, 5) is 8.31. The number of hydrogen-bond donors (Lipinski definition) is 1. The minimum absolute atomic E-state index is 0.202. The summed E-state index contributed by atoms with van der Waals surface area (Å²) in [6.07, 6.45) is 0. The van der Waals surface area contributed by atoms with Gasteiger partial charge < -0.3 is 4.98 Å². The summed E-state index contributed by atoms with van der Waals surface area (Å²) in [5, 5.41) is 0. The Labute approximate surface area is 127 Å². The minimum Gasteiger partial charge on any atom is -0.346 e. The van der Waals surface area contributed by atoms with Crippen LogP contribution in [0.3, 0.4) is 0 Å². The Morgan fingerprint density at radius 3 is 2.65 bits per heavy atom. The van der Waals surface area contributed by atoms with Gasteiger partial charge in [0.15, 0.2) is 0 Å². The van der Waals surface area contributed by atoms with Gasteiger partial charge in [-0.05, 0) is 25.0 Å². The van der Waals surface area contributed by atoms with Gasteiger partial charge in [-0.2, -0.15) is 0 Å². The van der Waals surface area contributed by atoms with Crippen molar-refractivity contribution in [2.45, 2.75) is 37.3 Å². The van der Waals surface area contributed by atoms with Crippen molar-refractivity contribution in [2.75, 3.05) is 0 Å². The molecule has 0 bridgehead atoms. The highest BCUT2D eigenvalue weighted by Crippen LogP contribution is 2.25. The lowest BCUT2D eigenvalue weighted by molar-refractivity contribution is 0.602. The molecule has 0 aliphatic carbocycles. The van der Waals surface area contributed by atoms with Gasteiger partial charge in [0, 0.05) is 16.2 Å². The predicted octanol–water partition coefficient (Wildman–Crippen LogP) is 5.00. The van der Waals surface area contributed by atoms with Crippen LogP contribution >= 0.6 is 24.0 Å². The fourth-order valence-corrected chi connectivity index (χ4v) is 3.42. The molecule has 0 saturated heterocycles. The molecule has 0 aliphatic heterocycles. The first-order valence-corrected chi connectivity index (χ1v) is 7.85. The summed E-state index contributed by atoms with van der Waals surface area (Å²) in [6.45, 7) is 6.20. The number of aryl methyl sites for hydroxylation is 1. The van der Waals surface area contributed by atoms with Gasteiger partial charge in [0.05, 0.1) is 5.75 Å². The Bertz CT molecular complexity index is 665. The normalized spacial score (nSPS) is 11.1. The van der Waals surface area contributed by atoms with Gasteiger partial charge >= 0.3 is 0 Å². The highest BCUT2D eigenvalue weighted by atomic mass is 32.2. The Morgan fingerprint density at radius 2 is 2.05 bits per heavy atom. The summed E-state index contributed by atoms with van der Waals surface area (Å²) in [5.74, 6) is 1.50. The topological polar surface area (TPSA) is 28.7 Å². The van der Waals surface area contributed by atoms with E-state index < -0.39 is 0 Å². The van der Waals surface area contributed by atoms with Gasteiger partial charge in [0.2, 0.25) is 0 Å². The fourth-order valence-electron chi connectivity index (χ4n) is 2.11. The number of aromatic amines is 1. The van der Waals surface area contributed by atoms with E-state index in [0.717, 1.165) is 17.1 Å². The summed E-state index contributed by atoms with van der Waals surface area (Å²) < 4.78 is 14.2. The zero-order valence-corrected chi connectivity index (χ0v) is 13.4. The van der Waals surface area contributed by atoms with E-state index in [0.29, 0.717) is 21.2 Å². The average Bonchev–Trinajstić information content (AvgIpc) is 2.36. The van der Waals surface area contributed by atoms with Crippen molar-refractivity contribution in [2.24, 2.45) is 0 Å². The number of nitrogens with one attached hydrogen (secondary N) is 1. The smallest absolute Gasteiger partial charge is 0.136 e. The van der Waals surface area contributed by atoms with Gasteiger partial charge in [0.1, 0.15) is 16.3 Å². The van der Waals surface area contributed by atoms with E-state index in [1.165, 1.54) is 17.8 Å². The maximum atomic E-state index is 13.5. The lowest BCUT2D eigenvalue weighted by atomic mass is 10.0. The van der Waals surface area contributed by atoms with Crippen molar-refractivity contribution in [3.63, 3.8) is 0 Å². The Balaban J connectivity index is 2.20. The SMILES string of the molecule is Cc1[nH]c(CSc2ccccc2F)nc(=S)c1C(C)C. The van der Waals surface area contributed by atoms with E-state index in [-0.39, 0.29) is 5.82 Å². The van der Waals surface area contributed by atoms with E-state index in [4.69, 9.17) is 12.2 Å². The van der Waals surface area contributed by atoms with Crippen molar-refractivity contribution >= 4 is 24.0 Å². The quantitative estimate of drug-likeness (QED) is 0.636. The Kier molecular flexibility index (Phi) is 4.94. The molecule has 0 saturated carbocycles. The van der Waals surface area contributed by atoms with Crippen molar-refractivity contribution in [1.29, 1.82) is 0 Å². The first kappa shape index (κ1) is 15.2. The molecule has 0 spiro atoms. The third-order valence-corrected chi connectivity index (χ3v) is 4.35. The van der Waals surface area contributed by atoms with Crippen LogP contribution in [0.5, 0.6) is 0 Å². The molecule has 1 N–H and O–H groups in total. The Morgan fingerprint density at radius 1 is 1.35 bits per heavy atom. The first-order chi connectivity index (χ1) is 9.49. The van der Waals surface area contributed by atoms with Crippen LogP contribution in [0, 0.1) is 17.4 Å². The van der Waals surface area contributed by atoms with Crippen LogP contribution in [0.15, 0.2) is 29.2 Å². The van der Waals surface area contributed by atoms with Gasteiger partial charge in [-0.25, -0.2) is 9.37 Å². The molecule has 1 aromatic carbocycles. The molecule has 0 fully saturated rings. The molecule has 0 amide bonds. The second-order valence-electron chi connectivity index (χ2n) is 4.90. The molecule has 0 aliphatic rings. The number of H-pyrrole nitrogens is 1. The van der Waals surface area contributed by atoms with E-state index in [1.807, 2.05) is 13.0 Å². The molecule has 106 valence electrons. The Hall–Kier alpha value is -1.20. The maximum Gasteiger partial charge on any atom is 0.136 e. The van der Waals surface area contributed by atoms with Gasteiger partial charge in [-0.1, -0.05) is 38.2 Å². The largest absolute Gasteiger partial charge is 0.346 e. The van der Waals surface area contributed by atoms with Crippen LogP contribution in [0.25, 0.3) is 0 Å². The van der Waals surface area contributed by atoms with Crippen molar-refractivity contribution in [3.05, 3.63) is 51.8 Å². The summed E-state index contributed by atoms with van der Waals surface area (Å²) in [5.41, 5.74) is 2.13. The van der Waals surface area contributed by atoms with Crippen LogP contribution < -0.4 is 0 Å². The first-order valence-electron chi connectivity index (χ1n) is 6.46. The minimum atomic E-state index is -0.202. The molecule has 20 heavy (non-hydrogen) atoms. The van der Waals surface area contributed by atoms with E-state index in [9.17, 15) is 4.39 Å². The zero-order chi connectivity index (χ0) is 14.7. The molecule has 0 radical (unpaired) electrons. The number of nitrogens with zero attached hydrogens (tertiary/aromatic N) is 1. The lowest BCUT2D eigenvalue weighted by Gasteiger charge is -2.11. The van der Waals surface area contributed by atoms with Crippen molar-refractivity contribution in [3.8, 4) is 0 Å². The van der Waals surface area contributed by atoms with Crippen LogP contribution in [-0.4, -0.2) is 9.97 Å². The molecular formula is C15H17FN2S2. The number of thioether (sulfide) groups is 1. The highest BCUT2D eigenvalue weighted by Gasteiger charge is 2.10. The van der Waals surface area contributed by atoms with E-state index in [2.05, 4.69) is 23.8 Å². The summed E-state index contributed by atoms with van der Waals surface area (Å²) in [7, 11) is 0. The molecular weight excluding hydrogens is 291 g/mol. The zero-order valence-electron chi connectivity index (χ0n) is 11.7. The monoisotopic (exact) mass is 308 g/mol. The number of rotatable bonds is 4. The van der Waals surface area contributed by atoms with E-state index in [1.54, 1.807) is 12.1 Å². The second-order valence-corrected chi connectivity index (χ2v) is 6.30. The summed E-state index contributed by atoms with van der Waals surface area (Å²) in [6, 6.07) is 6.75. The maximum absolute atomic E-state index is 13.5. The fraction of sp³-hybridized carbons (Fsp3) is 0.333. The standard InChI is InChI=1S/C15H17FN2S2/c1-9(2)14-10(3)17-13(18-15(14)19)8-20-12-7-5-4-6-11(12)16/h4-7,9H,8H2,1-3H3,(H,17,18,19). The number of hydrogen-bond acceptors (Lipinski definition) is 3. The number of benzene rings is 1. The molecule has 2 rings (SSSR count). The van der Waals surface area contributed by atoms with Crippen LogP contribution in [0.4, 0.5) is 4.39 Å². The van der Waals surface area contributed by atoms with Gasteiger partial charge in [0.25, 0.3) is 0 Å². The second kappa shape index (κ2) is 6.50. The lowest BCUT2D eigenvalue weighted by Crippen LogP contribution is -2.03. The number of aromatic nitrogens is 2. The highest BCUT2D eigenvalue weighted by molar-refractivity contribution is 7.98. The van der Waals surface area contributed by atoms with Crippen LogP contribution in [0.1, 0.15) is 36.8 Å². The van der Waals surface area contributed by atoms with Crippen LogP contribution in [-0.2, 0) is 5.75 Å². The van der Waals surface area contributed by atoms with Crippen molar-refractivity contribution in [1.82, 2.24) is 9.97 Å².